The lowest BCUT2D eigenvalue weighted by Crippen LogP contribution is -2.51. The van der Waals surface area contributed by atoms with Crippen LogP contribution in [0.3, 0.4) is 0 Å². The fraction of sp³-hybridized carbons (Fsp3) is 0.923. The second kappa shape index (κ2) is 5.17. The molecule has 0 aromatic carbocycles. The fourth-order valence-electron chi connectivity index (χ4n) is 3.47. The summed E-state index contributed by atoms with van der Waals surface area (Å²) in [5, 5.41) is 9.68. The van der Waals surface area contributed by atoms with E-state index in [-0.39, 0.29) is 17.9 Å². The van der Waals surface area contributed by atoms with E-state index in [1.807, 2.05) is 20.8 Å². The van der Waals surface area contributed by atoms with Gasteiger partial charge in [0.1, 0.15) is 0 Å². The lowest BCUT2D eigenvalue weighted by atomic mass is 9.63. The summed E-state index contributed by atoms with van der Waals surface area (Å²) in [5.41, 5.74) is -0.717. The average Bonchev–Trinajstić information content (AvgIpc) is 2.71. The molecule has 0 radical (unpaired) electrons. The zero-order valence-corrected chi connectivity index (χ0v) is 10.8. The van der Waals surface area contributed by atoms with Gasteiger partial charge in [0.15, 0.2) is 0 Å². The van der Waals surface area contributed by atoms with E-state index in [1.54, 1.807) is 7.11 Å². The summed E-state index contributed by atoms with van der Waals surface area (Å²) < 4.78 is 5.37. The van der Waals surface area contributed by atoms with Gasteiger partial charge in [-0.15, -0.1) is 0 Å². The molecule has 0 spiro atoms. The van der Waals surface area contributed by atoms with Crippen molar-refractivity contribution in [3.63, 3.8) is 0 Å². The van der Waals surface area contributed by atoms with E-state index in [9.17, 15) is 9.90 Å². The van der Waals surface area contributed by atoms with Gasteiger partial charge in [0.25, 0.3) is 0 Å². The molecule has 16 heavy (non-hydrogen) atoms. The van der Waals surface area contributed by atoms with Crippen LogP contribution in [0.4, 0.5) is 0 Å². The smallest absolute Gasteiger partial charge is 0.312 e. The van der Waals surface area contributed by atoms with Crippen molar-refractivity contribution in [2.45, 2.75) is 52.6 Å². The summed E-state index contributed by atoms with van der Waals surface area (Å²) in [7, 11) is 1.61. The Balaban J connectivity index is 3.09. The summed E-state index contributed by atoms with van der Waals surface area (Å²) in [5.74, 6) is -0.327. The van der Waals surface area contributed by atoms with Crippen LogP contribution in [0.15, 0.2) is 0 Å². The van der Waals surface area contributed by atoms with Crippen LogP contribution in [-0.2, 0) is 9.53 Å². The van der Waals surface area contributed by atoms with Crippen molar-refractivity contribution in [2.24, 2.45) is 17.3 Å². The number of aliphatic carboxylic acids is 1. The van der Waals surface area contributed by atoms with Gasteiger partial charge in [-0.25, -0.2) is 0 Å². The normalized spacial score (nSPS) is 23.3. The second-order valence-electron chi connectivity index (χ2n) is 5.25. The number of carbonyl (C=O) groups is 1. The summed E-state index contributed by atoms with van der Waals surface area (Å²) in [6, 6.07) is 0. The minimum Gasteiger partial charge on any atom is -0.481 e. The molecular formula is C13H24O3. The van der Waals surface area contributed by atoms with Gasteiger partial charge in [-0.05, 0) is 31.6 Å². The van der Waals surface area contributed by atoms with E-state index in [0.29, 0.717) is 0 Å². The Morgan fingerprint density at radius 1 is 1.31 bits per heavy atom. The topological polar surface area (TPSA) is 46.5 Å². The van der Waals surface area contributed by atoms with Crippen LogP contribution in [0.1, 0.15) is 46.5 Å². The lowest BCUT2D eigenvalue weighted by Gasteiger charge is -2.42. The van der Waals surface area contributed by atoms with E-state index < -0.39 is 11.4 Å². The number of carboxylic acids is 1. The van der Waals surface area contributed by atoms with Crippen LogP contribution in [0.2, 0.25) is 0 Å². The molecule has 1 rings (SSSR count). The molecule has 3 heteroatoms. The zero-order chi connectivity index (χ0) is 12.3. The quantitative estimate of drug-likeness (QED) is 0.787. The summed E-state index contributed by atoms with van der Waals surface area (Å²) in [6.45, 7) is 5.90. The van der Waals surface area contributed by atoms with Gasteiger partial charge in [0, 0.05) is 7.11 Å². The van der Waals surface area contributed by atoms with Gasteiger partial charge >= 0.3 is 5.97 Å². The van der Waals surface area contributed by atoms with Gasteiger partial charge in [-0.1, -0.05) is 26.7 Å². The van der Waals surface area contributed by atoms with Crippen LogP contribution in [0, 0.1) is 17.3 Å². The first-order valence-corrected chi connectivity index (χ1v) is 6.24. The monoisotopic (exact) mass is 228 g/mol. The highest BCUT2D eigenvalue weighted by molar-refractivity contribution is 5.76. The highest BCUT2D eigenvalue weighted by atomic mass is 16.5. The van der Waals surface area contributed by atoms with E-state index in [2.05, 4.69) is 0 Å². The largest absolute Gasteiger partial charge is 0.481 e. The zero-order valence-electron chi connectivity index (χ0n) is 10.8. The molecule has 1 N–H and O–H groups in total. The molecule has 3 nitrogen and oxygen atoms in total. The third kappa shape index (κ3) is 1.97. The van der Waals surface area contributed by atoms with E-state index >= 15 is 0 Å². The minimum absolute atomic E-state index is 0.100. The van der Waals surface area contributed by atoms with Crippen molar-refractivity contribution >= 4 is 5.97 Å². The molecule has 1 aliphatic rings. The van der Waals surface area contributed by atoms with Crippen LogP contribution in [0.25, 0.3) is 0 Å². The number of carboxylic acid groups (broad SMARTS) is 1. The maximum atomic E-state index is 11.8. The van der Waals surface area contributed by atoms with E-state index in [0.717, 1.165) is 25.7 Å². The molecule has 0 aliphatic heterocycles. The highest BCUT2D eigenvalue weighted by Crippen LogP contribution is 2.48. The Bertz CT molecular complexity index is 244. The van der Waals surface area contributed by atoms with Crippen LogP contribution in [0.5, 0.6) is 0 Å². The molecule has 2 unspecified atom stereocenters. The standard InChI is InChI=1S/C13H24O3/c1-9(2)13(12(14)15,10(3)16-4)11-7-5-6-8-11/h9-11H,5-8H2,1-4H3,(H,14,15). The van der Waals surface area contributed by atoms with Crippen molar-refractivity contribution < 1.29 is 14.6 Å². The molecule has 1 saturated carbocycles. The molecule has 0 heterocycles. The minimum atomic E-state index is -0.717. The molecule has 0 saturated heterocycles. The van der Waals surface area contributed by atoms with Crippen molar-refractivity contribution in [3.05, 3.63) is 0 Å². The fourth-order valence-corrected chi connectivity index (χ4v) is 3.47. The van der Waals surface area contributed by atoms with E-state index in [1.165, 1.54) is 0 Å². The summed E-state index contributed by atoms with van der Waals surface area (Å²) >= 11 is 0. The molecule has 0 amide bonds. The molecular weight excluding hydrogens is 204 g/mol. The maximum Gasteiger partial charge on any atom is 0.312 e. The molecule has 1 aliphatic carbocycles. The number of rotatable bonds is 5. The van der Waals surface area contributed by atoms with Crippen LogP contribution < -0.4 is 0 Å². The molecule has 2 atom stereocenters. The third-order valence-corrected chi connectivity index (χ3v) is 4.38. The lowest BCUT2D eigenvalue weighted by molar-refractivity contribution is -0.170. The Kier molecular flexibility index (Phi) is 4.36. The SMILES string of the molecule is COC(C)C(C(=O)O)(C(C)C)C1CCCC1. The number of methoxy groups -OCH3 is 1. The van der Waals surface area contributed by atoms with Gasteiger partial charge in [-0.3, -0.25) is 4.79 Å². The van der Waals surface area contributed by atoms with Crippen LogP contribution >= 0.6 is 0 Å². The average molecular weight is 228 g/mol. The predicted octanol–water partition coefficient (Wildman–Crippen LogP) is 2.94. The summed E-state index contributed by atoms with van der Waals surface area (Å²) in [4.78, 5) is 11.8. The van der Waals surface area contributed by atoms with Crippen molar-refractivity contribution in [1.29, 1.82) is 0 Å². The molecule has 0 bridgehead atoms. The molecule has 1 fully saturated rings. The summed E-state index contributed by atoms with van der Waals surface area (Å²) in [6.07, 6.45) is 4.13. The van der Waals surface area contributed by atoms with Crippen LogP contribution in [-0.4, -0.2) is 24.3 Å². The predicted molar refractivity (Wildman–Crippen MR) is 63.3 cm³/mol. The number of hydrogen-bond donors (Lipinski definition) is 1. The molecule has 94 valence electrons. The third-order valence-electron chi connectivity index (χ3n) is 4.38. The van der Waals surface area contributed by atoms with Crippen molar-refractivity contribution in [3.8, 4) is 0 Å². The van der Waals surface area contributed by atoms with Gasteiger partial charge in [0.2, 0.25) is 0 Å². The molecule has 0 aromatic heterocycles. The maximum absolute atomic E-state index is 11.8. The molecule has 0 aromatic rings. The first-order valence-electron chi connectivity index (χ1n) is 6.24. The highest BCUT2D eigenvalue weighted by Gasteiger charge is 2.53. The first kappa shape index (κ1) is 13.5. The number of hydrogen-bond acceptors (Lipinski definition) is 2. The Morgan fingerprint density at radius 2 is 1.81 bits per heavy atom. The van der Waals surface area contributed by atoms with Gasteiger partial charge < -0.3 is 9.84 Å². The first-order chi connectivity index (χ1) is 7.47. The Labute approximate surface area is 98.2 Å². The Morgan fingerprint density at radius 3 is 2.12 bits per heavy atom. The Hall–Kier alpha value is -0.570. The van der Waals surface area contributed by atoms with E-state index in [4.69, 9.17) is 4.74 Å². The van der Waals surface area contributed by atoms with Gasteiger partial charge in [0.05, 0.1) is 11.5 Å². The second-order valence-corrected chi connectivity index (χ2v) is 5.25. The van der Waals surface area contributed by atoms with Crippen molar-refractivity contribution in [2.75, 3.05) is 7.11 Å². The van der Waals surface area contributed by atoms with Crippen molar-refractivity contribution in [1.82, 2.24) is 0 Å². The number of ether oxygens (including phenoxy) is 1. The van der Waals surface area contributed by atoms with Gasteiger partial charge in [-0.2, -0.15) is 0 Å².